The minimum atomic E-state index is 0.187. The number of hydrogen-bond acceptors (Lipinski definition) is 2. The molecule has 1 aromatic carbocycles. The maximum absolute atomic E-state index is 12.2. The van der Waals surface area contributed by atoms with Crippen molar-refractivity contribution in [2.24, 2.45) is 5.92 Å². The third-order valence-corrected chi connectivity index (χ3v) is 4.35. The first-order chi connectivity index (χ1) is 9.10. The van der Waals surface area contributed by atoms with Crippen LogP contribution in [0.4, 0.5) is 0 Å². The fourth-order valence-corrected chi connectivity index (χ4v) is 2.77. The molecule has 2 unspecified atom stereocenters. The zero-order valence-corrected chi connectivity index (χ0v) is 12.8. The van der Waals surface area contributed by atoms with E-state index < -0.39 is 0 Å². The number of carbonyl (C=O) groups excluding carboxylic acids is 1. The Morgan fingerprint density at radius 3 is 2.74 bits per heavy atom. The molecule has 0 aromatic heterocycles. The molecule has 0 radical (unpaired) electrons. The lowest BCUT2D eigenvalue weighted by atomic mass is 9.97. The van der Waals surface area contributed by atoms with E-state index in [0.29, 0.717) is 13.0 Å². The number of aliphatic hydroxyl groups excluding tert-OH is 1. The summed E-state index contributed by atoms with van der Waals surface area (Å²) in [5, 5.41) is 9.11. The summed E-state index contributed by atoms with van der Waals surface area (Å²) in [6.45, 7) is 3.77. The molecule has 104 valence electrons. The molecule has 1 amide bonds. The van der Waals surface area contributed by atoms with E-state index in [1.807, 2.05) is 17.0 Å². The highest BCUT2D eigenvalue weighted by atomic mass is 79.9. The van der Waals surface area contributed by atoms with E-state index in [1.54, 1.807) is 0 Å². The van der Waals surface area contributed by atoms with E-state index in [-0.39, 0.29) is 24.3 Å². The normalized spacial score (nSPS) is 20.6. The molecule has 1 aromatic rings. The molecule has 0 aliphatic carbocycles. The second kappa shape index (κ2) is 6.53. The zero-order valence-electron chi connectivity index (χ0n) is 11.2. The van der Waals surface area contributed by atoms with E-state index >= 15 is 0 Å². The largest absolute Gasteiger partial charge is 0.396 e. The predicted molar refractivity (Wildman–Crippen MR) is 78.9 cm³/mol. The minimum Gasteiger partial charge on any atom is -0.396 e. The molecule has 1 fully saturated rings. The molecular weight excluding hydrogens is 306 g/mol. The molecule has 0 bridgehead atoms. The van der Waals surface area contributed by atoms with Crippen LogP contribution < -0.4 is 0 Å². The number of halogens is 1. The van der Waals surface area contributed by atoms with Crippen LogP contribution in [0.1, 0.15) is 31.2 Å². The third kappa shape index (κ3) is 3.80. The topological polar surface area (TPSA) is 40.5 Å². The van der Waals surface area contributed by atoms with Crippen molar-refractivity contribution in [1.82, 2.24) is 4.90 Å². The summed E-state index contributed by atoms with van der Waals surface area (Å²) in [5.41, 5.74) is 1.19. The summed E-state index contributed by atoms with van der Waals surface area (Å²) in [7, 11) is 0. The van der Waals surface area contributed by atoms with Crippen molar-refractivity contribution in [3.63, 3.8) is 0 Å². The maximum Gasteiger partial charge on any atom is 0.223 e. The summed E-state index contributed by atoms with van der Waals surface area (Å²) in [6.07, 6.45) is 1.47. The fraction of sp³-hybridized carbons (Fsp3) is 0.533. The van der Waals surface area contributed by atoms with Gasteiger partial charge >= 0.3 is 0 Å². The second-order valence-corrected chi connectivity index (χ2v) is 6.25. The number of benzene rings is 1. The van der Waals surface area contributed by atoms with Crippen molar-refractivity contribution >= 4 is 21.8 Å². The Morgan fingerprint density at radius 2 is 2.16 bits per heavy atom. The first-order valence-electron chi connectivity index (χ1n) is 6.74. The smallest absolute Gasteiger partial charge is 0.223 e. The summed E-state index contributed by atoms with van der Waals surface area (Å²) < 4.78 is 1.06. The van der Waals surface area contributed by atoms with Crippen molar-refractivity contribution < 1.29 is 9.90 Å². The van der Waals surface area contributed by atoms with Crippen molar-refractivity contribution in [3.8, 4) is 0 Å². The Kier molecular flexibility index (Phi) is 4.99. The highest BCUT2D eigenvalue weighted by molar-refractivity contribution is 9.10. The molecule has 19 heavy (non-hydrogen) atoms. The second-order valence-electron chi connectivity index (χ2n) is 5.33. The Balaban J connectivity index is 1.90. The van der Waals surface area contributed by atoms with E-state index in [0.717, 1.165) is 17.4 Å². The van der Waals surface area contributed by atoms with Crippen LogP contribution in [-0.2, 0) is 4.79 Å². The van der Waals surface area contributed by atoms with Crippen molar-refractivity contribution in [3.05, 3.63) is 34.3 Å². The highest BCUT2D eigenvalue weighted by Crippen LogP contribution is 2.24. The van der Waals surface area contributed by atoms with Gasteiger partial charge in [-0.1, -0.05) is 35.0 Å². The summed E-state index contributed by atoms with van der Waals surface area (Å²) in [6, 6.07) is 8.13. The van der Waals surface area contributed by atoms with E-state index in [4.69, 9.17) is 5.11 Å². The zero-order chi connectivity index (χ0) is 13.8. The van der Waals surface area contributed by atoms with Gasteiger partial charge in [-0.3, -0.25) is 4.79 Å². The molecule has 1 aliphatic rings. The quantitative estimate of drug-likeness (QED) is 0.924. The summed E-state index contributed by atoms with van der Waals surface area (Å²) >= 11 is 3.41. The Labute approximate surface area is 122 Å². The monoisotopic (exact) mass is 325 g/mol. The van der Waals surface area contributed by atoms with Gasteiger partial charge < -0.3 is 10.0 Å². The van der Waals surface area contributed by atoms with Crippen LogP contribution in [0, 0.1) is 5.92 Å². The van der Waals surface area contributed by atoms with Gasteiger partial charge in [0.05, 0.1) is 0 Å². The van der Waals surface area contributed by atoms with Crippen molar-refractivity contribution in [2.45, 2.75) is 25.7 Å². The van der Waals surface area contributed by atoms with E-state index in [1.165, 1.54) is 5.56 Å². The van der Waals surface area contributed by atoms with Gasteiger partial charge in [0, 0.05) is 36.5 Å². The lowest BCUT2D eigenvalue weighted by Crippen LogP contribution is -2.29. The van der Waals surface area contributed by atoms with Gasteiger partial charge in [-0.2, -0.15) is 0 Å². The number of amides is 1. The Hall–Kier alpha value is -0.870. The van der Waals surface area contributed by atoms with Gasteiger partial charge in [-0.05, 0) is 30.0 Å². The third-order valence-electron chi connectivity index (χ3n) is 3.82. The molecule has 2 atom stereocenters. The van der Waals surface area contributed by atoms with Gasteiger partial charge in [0.15, 0.2) is 0 Å². The molecule has 3 nitrogen and oxygen atoms in total. The van der Waals surface area contributed by atoms with Gasteiger partial charge in [-0.15, -0.1) is 0 Å². The van der Waals surface area contributed by atoms with Crippen molar-refractivity contribution in [2.75, 3.05) is 19.7 Å². The van der Waals surface area contributed by atoms with E-state index in [2.05, 4.69) is 35.0 Å². The van der Waals surface area contributed by atoms with Crippen LogP contribution in [-0.4, -0.2) is 35.6 Å². The van der Waals surface area contributed by atoms with Crippen LogP contribution in [0.25, 0.3) is 0 Å². The van der Waals surface area contributed by atoms with Gasteiger partial charge in [0.1, 0.15) is 0 Å². The molecule has 1 heterocycles. The first-order valence-corrected chi connectivity index (χ1v) is 7.53. The Morgan fingerprint density at radius 1 is 1.47 bits per heavy atom. The standard InChI is InChI=1S/C15H20BrNO2/c1-11(13-2-4-14(16)5-3-13)8-15(19)17-7-6-12(9-17)10-18/h2-5,11-12,18H,6-10H2,1H3. The Bertz CT molecular complexity index is 432. The first kappa shape index (κ1) is 14.5. The molecule has 1 N–H and O–H groups in total. The summed E-state index contributed by atoms with van der Waals surface area (Å²) in [5.74, 6) is 0.701. The number of hydrogen-bond donors (Lipinski definition) is 1. The predicted octanol–water partition coefficient (Wildman–Crippen LogP) is 2.78. The van der Waals surface area contributed by atoms with Gasteiger partial charge in [0.25, 0.3) is 0 Å². The van der Waals surface area contributed by atoms with Gasteiger partial charge in [0.2, 0.25) is 5.91 Å². The lowest BCUT2D eigenvalue weighted by molar-refractivity contribution is -0.130. The summed E-state index contributed by atoms with van der Waals surface area (Å²) in [4.78, 5) is 14.1. The molecule has 0 spiro atoms. The molecule has 1 saturated heterocycles. The highest BCUT2D eigenvalue weighted by Gasteiger charge is 2.26. The average Bonchev–Trinajstić information content (AvgIpc) is 2.88. The number of carbonyl (C=O) groups is 1. The molecular formula is C15H20BrNO2. The van der Waals surface area contributed by atoms with Crippen LogP contribution >= 0.6 is 15.9 Å². The van der Waals surface area contributed by atoms with Crippen LogP contribution in [0.2, 0.25) is 0 Å². The average molecular weight is 326 g/mol. The molecule has 0 saturated carbocycles. The number of nitrogens with zero attached hydrogens (tertiary/aromatic N) is 1. The number of rotatable bonds is 4. The lowest BCUT2D eigenvalue weighted by Gasteiger charge is -2.19. The minimum absolute atomic E-state index is 0.187. The molecule has 1 aliphatic heterocycles. The van der Waals surface area contributed by atoms with Crippen LogP contribution in [0.5, 0.6) is 0 Å². The van der Waals surface area contributed by atoms with Crippen molar-refractivity contribution in [1.29, 1.82) is 0 Å². The molecule has 2 rings (SSSR count). The number of aliphatic hydroxyl groups is 1. The SMILES string of the molecule is CC(CC(=O)N1CCC(CO)C1)c1ccc(Br)cc1. The van der Waals surface area contributed by atoms with Crippen LogP contribution in [0.3, 0.4) is 0 Å². The van der Waals surface area contributed by atoms with E-state index in [9.17, 15) is 4.79 Å². The van der Waals surface area contributed by atoms with Crippen LogP contribution in [0.15, 0.2) is 28.7 Å². The molecule has 4 heteroatoms. The van der Waals surface area contributed by atoms with Gasteiger partial charge in [-0.25, -0.2) is 0 Å². The fourth-order valence-electron chi connectivity index (χ4n) is 2.51. The number of likely N-dealkylation sites (tertiary alicyclic amines) is 1. The maximum atomic E-state index is 12.2.